The van der Waals surface area contributed by atoms with Gasteiger partial charge in [0.15, 0.2) is 0 Å². The number of alkyl halides is 2. The zero-order valence-corrected chi connectivity index (χ0v) is 23.7. The van der Waals surface area contributed by atoms with Gasteiger partial charge in [0.05, 0.1) is 28.9 Å². The lowest BCUT2D eigenvalue weighted by atomic mass is 10.1. The predicted octanol–water partition coefficient (Wildman–Crippen LogP) is 4.55. The Labute approximate surface area is 242 Å². The van der Waals surface area contributed by atoms with Gasteiger partial charge >= 0.3 is 0 Å². The van der Waals surface area contributed by atoms with Crippen molar-refractivity contribution in [1.82, 2.24) is 29.6 Å². The molecule has 3 aliphatic rings. The second kappa shape index (κ2) is 10.6. The number of nitrogens with one attached hydrogen (secondary N) is 2. The van der Waals surface area contributed by atoms with Crippen molar-refractivity contribution in [1.29, 1.82) is 0 Å². The Morgan fingerprint density at radius 1 is 1.07 bits per heavy atom. The molecule has 1 aliphatic carbocycles. The van der Waals surface area contributed by atoms with Crippen LogP contribution in [0, 0.1) is 18.8 Å². The van der Waals surface area contributed by atoms with Gasteiger partial charge in [-0.2, -0.15) is 5.10 Å². The van der Waals surface area contributed by atoms with Gasteiger partial charge in [-0.05, 0) is 68.4 Å². The van der Waals surface area contributed by atoms with E-state index in [-0.39, 0.29) is 29.0 Å². The first-order chi connectivity index (χ1) is 20.3. The predicted molar refractivity (Wildman–Crippen MR) is 155 cm³/mol. The van der Waals surface area contributed by atoms with Crippen LogP contribution in [-0.4, -0.2) is 63.0 Å². The molecule has 2 N–H and O–H groups in total. The van der Waals surface area contributed by atoms with Crippen LogP contribution in [0.4, 0.5) is 20.4 Å². The Kier molecular flexibility index (Phi) is 6.80. The number of rotatable bonds is 2. The second-order valence-corrected chi connectivity index (χ2v) is 11.6. The molecule has 220 valence electrons. The van der Waals surface area contributed by atoms with Gasteiger partial charge in [-0.1, -0.05) is 0 Å². The van der Waals surface area contributed by atoms with Gasteiger partial charge in [-0.15, -0.1) is 0 Å². The Morgan fingerprint density at radius 2 is 1.88 bits per heavy atom. The van der Waals surface area contributed by atoms with Gasteiger partial charge in [0.2, 0.25) is 11.8 Å². The molecule has 4 aromatic rings. The highest BCUT2D eigenvalue weighted by Gasteiger charge is 2.31. The van der Waals surface area contributed by atoms with E-state index in [9.17, 15) is 13.6 Å². The van der Waals surface area contributed by atoms with Gasteiger partial charge in [-0.25, -0.2) is 18.4 Å². The fraction of sp³-hybridized carbons (Fsp3) is 0.467. The lowest BCUT2D eigenvalue weighted by molar-refractivity contribution is 0.102. The van der Waals surface area contributed by atoms with Crippen LogP contribution in [-0.2, 0) is 13.6 Å². The molecule has 42 heavy (non-hydrogen) atoms. The SMILES string of the molecule is Cc1cc2cc(n1)-c1c(C(F)F)nn(C)c1OC[C@H]1CC[C@H](C1)Cn1c(nc3ccc(N4CCNCC4)cc31)NC2=O. The van der Waals surface area contributed by atoms with Crippen LogP contribution in [0.25, 0.3) is 22.3 Å². The minimum absolute atomic E-state index is 0.127. The molecule has 1 amide bonds. The topological polar surface area (TPSA) is 102 Å². The zero-order chi connectivity index (χ0) is 29.0. The molecule has 5 heterocycles. The summed E-state index contributed by atoms with van der Waals surface area (Å²) >= 11 is 0. The van der Waals surface area contributed by atoms with E-state index in [1.165, 1.54) is 10.7 Å². The number of imidazole rings is 1. The highest BCUT2D eigenvalue weighted by molar-refractivity contribution is 6.05. The lowest BCUT2D eigenvalue weighted by Crippen LogP contribution is -2.43. The van der Waals surface area contributed by atoms with E-state index in [0.29, 0.717) is 36.3 Å². The number of amides is 1. The van der Waals surface area contributed by atoms with Crippen LogP contribution in [0.3, 0.4) is 0 Å². The van der Waals surface area contributed by atoms with Crippen molar-refractivity contribution in [3.8, 4) is 17.1 Å². The first kappa shape index (κ1) is 26.8. The summed E-state index contributed by atoms with van der Waals surface area (Å²) < 4.78 is 38.0. The van der Waals surface area contributed by atoms with Crippen LogP contribution >= 0.6 is 0 Å². The quantitative estimate of drug-likeness (QED) is 0.361. The molecular formula is C30H34F2N8O2. The summed E-state index contributed by atoms with van der Waals surface area (Å²) in [4.78, 5) is 25.5. The fourth-order valence-corrected chi connectivity index (χ4v) is 6.65. The molecule has 1 saturated carbocycles. The normalized spacial score (nSPS) is 21.0. The number of piperazine rings is 1. The van der Waals surface area contributed by atoms with E-state index in [0.717, 1.165) is 62.2 Å². The van der Waals surface area contributed by atoms with Crippen LogP contribution < -0.4 is 20.3 Å². The summed E-state index contributed by atoms with van der Waals surface area (Å²) in [5.41, 5.74) is 3.70. The number of fused-ring (bicyclic) bond motifs is 9. The number of nitrogens with zero attached hydrogens (tertiary/aromatic N) is 6. The van der Waals surface area contributed by atoms with E-state index in [1.54, 1.807) is 20.0 Å². The third-order valence-corrected chi connectivity index (χ3v) is 8.69. The van der Waals surface area contributed by atoms with Crippen molar-refractivity contribution in [2.75, 3.05) is 43.0 Å². The van der Waals surface area contributed by atoms with E-state index in [2.05, 4.69) is 42.3 Å². The van der Waals surface area contributed by atoms with Gasteiger partial charge in [0, 0.05) is 56.7 Å². The van der Waals surface area contributed by atoms with Crippen molar-refractivity contribution < 1.29 is 18.3 Å². The van der Waals surface area contributed by atoms with Crippen molar-refractivity contribution >= 4 is 28.6 Å². The molecule has 0 spiro atoms. The number of benzene rings is 1. The Balaban J connectivity index is 1.34. The summed E-state index contributed by atoms with van der Waals surface area (Å²) in [7, 11) is 1.60. The van der Waals surface area contributed by atoms with E-state index >= 15 is 0 Å². The van der Waals surface area contributed by atoms with Crippen LogP contribution in [0.15, 0.2) is 30.3 Å². The molecule has 3 aromatic heterocycles. The summed E-state index contributed by atoms with van der Waals surface area (Å²) in [6, 6.07) is 9.47. The number of aryl methyl sites for hydroxylation is 2. The first-order valence-electron chi connectivity index (χ1n) is 14.6. The molecule has 7 rings (SSSR count). The third kappa shape index (κ3) is 4.87. The Bertz CT molecular complexity index is 1660. The monoisotopic (exact) mass is 576 g/mol. The molecule has 2 atom stereocenters. The lowest BCUT2D eigenvalue weighted by Gasteiger charge is -2.29. The highest BCUT2D eigenvalue weighted by atomic mass is 19.3. The van der Waals surface area contributed by atoms with Crippen molar-refractivity contribution in [3.63, 3.8) is 0 Å². The van der Waals surface area contributed by atoms with Gasteiger partial charge < -0.3 is 19.5 Å². The molecule has 4 bridgehead atoms. The largest absolute Gasteiger partial charge is 0.477 e. The molecule has 0 radical (unpaired) electrons. The van der Waals surface area contributed by atoms with E-state index in [4.69, 9.17) is 9.72 Å². The first-order valence-corrected chi connectivity index (χ1v) is 14.6. The number of ether oxygens (including phenoxy) is 1. The van der Waals surface area contributed by atoms with Crippen molar-refractivity contribution in [3.05, 3.63) is 47.3 Å². The minimum Gasteiger partial charge on any atom is -0.477 e. The fourth-order valence-electron chi connectivity index (χ4n) is 6.65. The third-order valence-electron chi connectivity index (χ3n) is 8.69. The number of pyridine rings is 1. The van der Waals surface area contributed by atoms with Crippen LogP contribution in [0.5, 0.6) is 5.88 Å². The van der Waals surface area contributed by atoms with Crippen molar-refractivity contribution in [2.24, 2.45) is 18.9 Å². The molecule has 2 aliphatic heterocycles. The number of hydrogen-bond donors (Lipinski definition) is 2. The number of carbonyl (C=O) groups excluding carboxylic acids is 1. The summed E-state index contributed by atoms with van der Waals surface area (Å²) in [5.74, 6) is 0.959. The van der Waals surface area contributed by atoms with E-state index in [1.807, 2.05) is 6.07 Å². The van der Waals surface area contributed by atoms with Crippen LogP contribution in [0.2, 0.25) is 0 Å². The van der Waals surface area contributed by atoms with Crippen LogP contribution in [0.1, 0.15) is 47.4 Å². The maximum atomic E-state index is 14.1. The zero-order valence-electron chi connectivity index (χ0n) is 23.7. The molecular weight excluding hydrogens is 542 g/mol. The molecule has 2 fully saturated rings. The molecule has 10 nitrogen and oxygen atoms in total. The minimum atomic E-state index is -2.83. The number of halogens is 2. The van der Waals surface area contributed by atoms with E-state index < -0.39 is 12.1 Å². The number of carbonyl (C=O) groups is 1. The molecule has 1 aromatic carbocycles. The standard InChI is InChI=1S/C30H34F2N8O2/c1-17-11-20-13-23(34-17)25-26(27(31)32)37-38(2)29(25)42-16-19-4-3-18(12-19)15-40-24-14-21(39-9-7-33-8-10-39)5-6-22(24)35-30(40)36-28(20)41/h5-6,11,13-14,18-19,27,33H,3-4,7-10,12,15-16H2,1-2H3,(H,35,36,41)/t18-,19+/m1/s1. The number of aromatic nitrogens is 5. The second-order valence-electron chi connectivity index (χ2n) is 11.6. The number of anilines is 2. The van der Waals surface area contributed by atoms with Gasteiger partial charge in [0.1, 0.15) is 5.69 Å². The Morgan fingerprint density at radius 3 is 2.69 bits per heavy atom. The maximum absolute atomic E-state index is 14.1. The summed E-state index contributed by atoms with van der Waals surface area (Å²) in [6.45, 7) is 6.59. The summed E-state index contributed by atoms with van der Waals surface area (Å²) in [5, 5.41) is 10.5. The smallest absolute Gasteiger partial charge is 0.282 e. The highest BCUT2D eigenvalue weighted by Crippen LogP contribution is 2.40. The molecule has 0 unspecified atom stereocenters. The van der Waals surface area contributed by atoms with Crippen molar-refractivity contribution in [2.45, 2.75) is 39.2 Å². The Hall–Kier alpha value is -4.06. The average molecular weight is 577 g/mol. The maximum Gasteiger partial charge on any atom is 0.282 e. The molecule has 1 saturated heterocycles. The van der Waals surface area contributed by atoms with Gasteiger partial charge in [0.25, 0.3) is 12.3 Å². The van der Waals surface area contributed by atoms with Gasteiger partial charge in [-0.3, -0.25) is 15.1 Å². The molecule has 12 heteroatoms. The number of hydrogen-bond acceptors (Lipinski definition) is 7. The summed E-state index contributed by atoms with van der Waals surface area (Å²) in [6.07, 6.45) is 0.0583. The average Bonchev–Trinajstić information content (AvgIpc) is 3.67.